The van der Waals surface area contributed by atoms with Gasteiger partial charge >= 0.3 is 5.97 Å². The number of amides is 1. The van der Waals surface area contributed by atoms with E-state index in [4.69, 9.17) is 5.11 Å². The van der Waals surface area contributed by atoms with Crippen molar-refractivity contribution in [1.82, 2.24) is 5.32 Å². The van der Waals surface area contributed by atoms with Crippen LogP contribution in [0.25, 0.3) is 0 Å². The van der Waals surface area contributed by atoms with Crippen LogP contribution in [0.1, 0.15) is 22.3 Å². The molecule has 100 valence electrons. The number of aliphatic carboxylic acids is 1. The molecule has 1 aliphatic rings. The van der Waals surface area contributed by atoms with Crippen LogP contribution in [-0.2, 0) is 4.79 Å². The minimum absolute atomic E-state index is 0.293. The first-order valence-corrected chi connectivity index (χ1v) is 5.95. The van der Waals surface area contributed by atoms with Gasteiger partial charge in [-0.2, -0.15) is 0 Å². The van der Waals surface area contributed by atoms with Gasteiger partial charge in [0.1, 0.15) is 5.82 Å². The lowest BCUT2D eigenvalue weighted by atomic mass is 10.1. The Kier molecular flexibility index (Phi) is 3.64. The topological polar surface area (TPSA) is 66.4 Å². The standard InChI is InChI=1S/C14H14FNO3/c1-8-6-10(15)3-5-12(8)13(17)16-11-4-2-9(7-11)14(18)19/h2-6,9,11H,7H2,1H3,(H,16,17)(H,18,19). The van der Waals surface area contributed by atoms with Crippen LogP contribution in [0.5, 0.6) is 0 Å². The summed E-state index contributed by atoms with van der Waals surface area (Å²) in [6.07, 6.45) is 3.60. The molecule has 0 aliphatic heterocycles. The average molecular weight is 263 g/mol. The monoisotopic (exact) mass is 263 g/mol. The predicted molar refractivity (Wildman–Crippen MR) is 67.3 cm³/mol. The number of halogens is 1. The summed E-state index contributed by atoms with van der Waals surface area (Å²) in [4.78, 5) is 22.8. The molecule has 0 heterocycles. The molecule has 0 radical (unpaired) electrons. The molecule has 0 spiro atoms. The van der Waals surface area contributed by atoms with Gasteiger partial charge in [-0.3, -0.25) is 9.59 Å². The first-order chi connectivity index (χ1) is 8.97. The number of nitrogens with one attached hydrogen (secondary N) is 1. The lowest BCUT2D eigenvalue weighted by molar-refractivity contribution is -0.140. The van der Waals surface area contributed by atoms with Crippen LogP contribution in [0, 0.1) is 18.7 Å². The number of benzene rings is 1. The minimum atomic E-state index is -0.897. The van der Waals surface area contributed by atoms with Gasteiger partial charge in [-0.1, -0.05) is 12.2 Å². The number of rotatable bonds is 3. The van der Waals surface area contributed by atoms with Crippen LogP contribution in [0.4, 0.5) is 4.39 Å². The number of hydrogen-bond donors (Lipinski definition) is 2. The molecule has 1 aliphatic carbocycles. The van der Waals surface area contributed by atoms with Gasteiger partial charge in [0.2, 0.25) is 0 Å². The van der Waals surface area contributed by atoms with Crippen molar-refractivity contribution in [2.24, 2.45) is 5.92 Å². The summed E-state index contributed by atoms with van der Waals surface area (Å²) in [5.41, 5.74) is 0.947. The van der Waals surface area contributed by atoms with E-state index < -0.39 is 11.9 Å². The summed E-state index contributed by atoms with van der Waals surface area (Å²) in [7, 11) is 0. The summed E-state index contributed by atoms with van der Waals surface area (Å²) in [5.74, 6) is -2.16. The van der Waals surface area contributed by atoms with Gasteiger partial charge in [0.25, 0.3) is 5.91 Å². The SMILES string of the molecule is Cc1cc(F)ccc1C(=O)NC1C=CC(C(=O)O)C1. The molecule has 1 aromatic rings. The molecule has 2 unspecified atom stereocenters. The number of carbonyl (C=O) groups is 2. The zero-order valence-corrected chi connectivity index (χ0v) is 10.4. The molecule has 0 aromatic heterocycles. The second-order valence-electron chi connectivity index (χ2n) is 4.60. The molecule has 1 aromatic carbocycles. The van der Waals surface area contributed by atoms with E-state index in [0.29, 0.717) is 17.5 Å². The third kappa shape index (κ3) is 2.99. The summed E-state index contributed by atoms with van der Waals surface area (Å²) in [6, 6.07) is 3.65. The van der Waals surface area contributed by atoms with Crippen LogP contribution >= 0.6 is 0 Å². The van der Waals surface area contributed by atoms with E-state index in [9.17, 15) is 14.0 Å². The molecule has 0 bridgehead atoms. The lowest BCUT2D eigenvalue weighted by Gasteiger charge is -2.13. The predicted octanol–water partition coefficient (Wildman–Crippen LogP) is 1.89. The van der Waals surface area contributed by atoms with Crippen molar-refractivity contribution < 1.29 is 19.1 Å². The Morgan fingerprint density at radius 2 is 2.11 bits per heavy atom. The molecule has 4 nitrogen and oxygen atoms in total. The van der Waals surface area contributed by atoms with E-state index in [2.05, 4.69) is 5.32 Å². The number of hydrogen-bond acceptors (Lipinski definition) is 2. The Balaban J connectivity index is 2.03. The molecule has 2 N–H and O–H groups in total. The number of aryl methyl sites for hydroxylation is 1. The van der Waals surface area contributed by atoms with Gasteiger partial charge in [0.15, 0.2) is 0 Å². The maximum Gasteiger partial charge on any atom is 0.310 e. The van der Waals surface area contributed by atoms with Crippen molar-refractivity contribution in [1.29, 1.82) is 0 Å². The van der Waals surface area contributed by atoms with E-state index in [1.165, 1.54) is 18.2 Å². The van der Waals surface area contributed by atoms with Crippen LogP contribution < -0.4 is 5.32 Å². The molecule has 5 heteroatoms. The third-order valence-electron chi connectivity index (χ3n) is 3.15. The molecule has 2 atom stereocenters. The fourth-order valence-electron chi connectivity index (χ4n) is 2.12. The summed E-state index contributed by atoms with van der Waals surface area (Å²) in [5, 5.41) is 11.6. The van der Waals surface area contributed by atoms with Gasteiger partial charge in [0.05, 0.1) is 5.92 Å². The van der Waals surface area contributed by atoms with Crippen molar-refractivity contribution in [2.75, 3.05) is 0 Å². The molecule has 19 heavy (non-hydrogen) atoms. The largest absolute Gasteiger partial charge is 0.481 e. The Morgan fingerprint density at radius 1 is 1.37 bits per heavy atom. The Morgan fingerprint density at radius 3 is 2.68 bits per heavy atom. The molecular formula is C14H14FNO3. The highest BCUT2D eigenvalue weighted by Gasteiger charge is 2.25. The molecule has 0 saturated carbocycles. The number of carboxylic acids is 1. The van der Waals surface area contributed by atoms with Crippen LogP contribution in [-0.4, -0.2) is 23.0 Å². The first-order valence-electron chi connectivity index (χ1n) is 5.95. The van der Waals surface area contributed by atoms with E-state index in [1.807, 2.05) is 0 Å². The quantitative estimate of drug-likeness (QED) is 0.818. The van der Waals surface area contributed by atoms with Crippen LogP contribution in [0.3, 0.4) is 0 Å². The lowest BCUT2D eigenvalue weighted by Crippen LogP contribution is -2.33. The van der Waals surface area contributed by atoms with Crippen molar-refractivity contribution in [3.8, 4) is 0 Å². The van der Waals surface area contributed by atoms with Gasteiger partial charge in [-0.25, -0.2) is 4.39 Å². The zero-order chi connectivity index (χ0) is 14.0. The van der Waals surface area contributed by atoms with Crippen LogP contribution in [0.2, 0.25) is 0 Å². The normalized spacial score (nSPS) is 21.4. The third-order valence-corrected chi connectivity index (χ3v) is 3.15. The van der Waals surface area contributed by atoms with Gasteiger partial charge in [-0.15, -0.1) is 0 Å². The van der Waals surface area contributed by atoms with Gasteiger partial charge in [-0.05, 0) is 37.1 Å². The maximum atomic E-state index is 12.9. The van der Waals surface area contributed by atoms with Gasteiger partial charge in [0, 0.05) is 11.6 Å². The second kappa shape index (κ2) is 5.22. The fourth-order valence-corrected chi connectivity index (χ4v) is 2.12. The van der Waals surface area contributed by atoms with Crippen molar-refractivity contribution >= 4 is 11.9 Å². The Hall–Kier alpha value is -2.17. The Labute approximate surface area is 109 Å². The molecule has 1 amide bonds. The summed E-state index contributed by atoms with van der Waals surface area (Å²) in [6.45, 7) is 1.66. The maximum absolute atomic E-state index is 12.9. The number of carboxylic acid groups (broad SMARTS) is 1. The minimum Gasteiger partial charge on any atom is -0.481 e. The Bertz CT molecular complexity index is 554. The highest BCUT2D eigenvalue weighted by Crippen LogP contribution is 2.19. The zero-order valence-electron chi connectivity index (χ0n) is 10.4. The highest BCUT2D eigenvalue weighted by molar-refractivity contribution is 5.96. The second-order valence-corrected chi connectivity index (χ2v) is 4.60. The smallest absolute Gasteiger partial charge is 0.310 e. The van der Waals surface area contributed by atoms with Crippen LogP contribution in [0.15, 0.2) is 30.4 Å². The number of carbonyl (C=O) groups excluding carboxylic acids is 1. The fraction of sp³-hybridized carbons (Fsp3) is 0.286. The average Bonchev–Trinajstić information content (AvgIpc) is 2.77. The van der Waals surface area contributed by atoms with E-state index in [0.717, 1.165) is 0 Å². The molecule has 2 rings (SSSR count). The van der Waals surface area contributed by atoms with Crippen molar-refractivity contribution in [3.63, 3.8) is 0 Å². The molecule has 0 fully saturated rings. The van der Waals surface area contributed by atoms with Crippen molar-refractivity contribution in [3.05, 3.63) is 47.3 Å². The van der Waals surface area contributed by atoms with Gasteiger partial charge < -0.3 is 10.4 Å². The highest BCUT2D eigenvalue weighted by atomic mass is 19.1. The van der Waals surface area contributed by atoms with E-state index in [1.54, 1.807) is 19.1 Å². The molecule has 0 saturated heterocycles. The summed E-state index contributed by atoms with van der Waals surface area (Å²) < 4.78 is 12.9. The van der Waals surface area contributed by atoms with Crippen molar-refractivity contribution in [2.45, 2.75) is 19.4 Å². The van der Waals surface area contributed by atoms with E-state index in [-0.39, 0.29) is 17.8 Å². The van der Waals surface area contributed by atoms with E-state index >= 15 is 0 Å². The summed E-state index contributed by atoms with van der Waals surface area (Å²) >= 11 is 0. The first kappa shape index (κ1) is 13.3. The molecular weight excluding hydrogens is 249 g/mol.